The molecule has 7 heteroatoms. The van der Waals surface area contributed by atoms with Crippen LogP contribution in [0, 0.1) is 0 Å². The van der Waals surface area contributed by atoms with Crippen molar-refractivity contribution < 1.29 is 9.59 Å². The zero-order valence-electron chi connectivity index (χ0n) is 15.3. The molecule has 28 heavy (non-hydrogen) atoms. The Balaban J connectivity index is 1.36. The summed E-state index contributed by atoms with van der Waals surface area (Å²) in [7, 11) is 0. The average Bonchev–Trinajstić information content (AvgIpc) is 3.17. The fraction of sp³-hybridized carbons (Fsp3) is 0.286. The minimum Gasteiger partial charge on any atom is -0.342 e. The van der Waals surface area contributed by atoms with Crippen LogP contribution in [0.4, 0.5) is 5.69 Å². The highest BCUT2D eigenvalue weighted by Gasteiger charge is 2.28. The Bertz CT molecular complexity index is 1040. The number of nitrogens with zero attached hydrogens (tertiary/aromatic N) is 2. The monoisotopic (exact) mass is 392 g/mol. The molecule has 142 valence electrons. The summed E-state index contributed by atoms with van der Waals surface area (Å²) in [6, 6.07) is 13.6. The molecule has 2 aromatic carbocycles. The predicted molar refractivity (Wildman–Crippen MR) is 110 cm³/mol. The lowest BCUT2D eigenvalue weighted by molar-refractivity contribution is -0.113. The van der Waals surface area contributed by atoms with E-state index in [4.69, 9.17) is 4.98 Å². The third-order valence-corrected chi connectivity index (χ3v) is 6.44. The predicted octanol–water partition coefficient (Wildman–Crippen LogP) is 3.63. The van der Waals surface area contributed by atoms with Crippen LogP contribution >= 0.6 is 11.8 Å². The number of aromatic nitrogens is 2. The number of anilines is 1. The molecule has 1 atom stereocenters. The molecule has 3 aromatic rings. The van der Waals surface area contributed by atoms with Gasteiger partial charge in [0.25, 0.3) is 5.91 Å². The van der Waals surface area contributed by atoms with Gasteiger partial charge < -0.3 is 15.2 Å². The van der Waals surface area contributed by atoms with Crippen molar-refractivity contribution in [1.29, 1.82) is 0 Å². The normalized spacial score (nSPS) is 19.4. The number of thioether (sulfide) groups is 1. The summed E-state index contributed by atoms with van der Waals surface area (Å²) in [5.41, 5.74) is 3.34. The number of fused-ring (bicyclic) bond motifs is 2. The highest BCUT2D eigenvalue weighted by molar-refractivity contribution is 8.00. The molecule has 1 aromatic heterocycles. The van der Waals surface area contributed by atoms with E-state index in [2.05, 4.69) is 10.3 Å². The second-order valence-corrected chi connectivity index (χ2v) is 8.29. The number of H-pyrrole nitrogens is 1. The third-order valence-electron chi connectivity index (χ3n) is 5.36. The first-order valence-electron chi connectivity index (χ1n) is 9.48. The van der Waals surface area contributed by atoms with Crippen molar-refractivity contribution >= 4 is 40.3 Å². The van der Waals surface area contributed by atoms with Gasteiger partial charge in [-0.15, -0.1) is 11.8 Å². The first kappa shape index (κ1) is 17.3. The van der Waals surface area contributed by atoms with Crippen molar-refractivity contribution in [3.63, 3.8) is 0 Å². The number of imidazole rings is 1. The number of hydrogen-bond donors (Lipinski definition) is 2. The summed E-state index contributed by atoms with van der Waals surface area (Å²) >= 11 is 1.50. The topological polar surface area (TPSA) is 78.1 Å². The van der Waals surface area contributed by atoms with Gasteiger partial charge in [-0.05, 0) is 43.2 Å². The molecule has 0 bridgehead atoms. The van der Waals surface area contributed by atoms with Crippen LogP contribution in [0.1, 0.15) is 34.9 Å². The van der Waals surface area contributed by atoms with Gasteiger partial charge in [0.1, 0.15) is 5.82 Å². The van der Waals surface area contributed by atoms with Crippen LogP contribution in [0.5, 0.6) is 0 Å². The van der Waals surface area contributed by atoms with E-state index in [-0.39, 0.29) is 17.7 Å². The smallest absolute Gasteiger partial charge is 0.253 e. The van der Waals surface area contributed by atoms with E-state index in [1.807, 2.05) is 41.3 Å². The van der Waals surface area contributed by atoms with Gasteiger partial charge in [-0.25, -0.2) is 4.98 Å². The molecule has 2 N–H and O–H groups in total. The molecule has 2 aliphatic rings. The molecular weight excluding hydrogens is 372 g/mol. The minimum atomic E-state index is -0.0231. The van der Waals surface area contributed by atoms with Crippen molar-refractivity contribution in [3.8, 4) is 0 Å². The van der Waals surface area contributed by atoms with Crippen LogP contribution in [0.2, 0.25) is 0 Å². The maximum Gasteiger partial charge on any atom is 0.253 e. The standard InChI is InChI=1S/C21H20N4O2S/c26-19-12-28-18-8-7-13(10-17(18)22-19)21(27)25-9-3-4-14(11-25)20-23-15-5-1-2-6-16(15)24-20/h1-2,5-8,10,14H,3-4,9,11-12H2,(H,22,26)(H,23,24). The van der Waals surface area contributed by atoms with Crippen LogP contribution < -0.4 is 5.32 Å². The number of piperidine rings is 1. The highest BCUT2D eigenvalue weighted by atomic mass is 32.2. The zero-order valence-corrected chi connectivity index (χ0v) is 16.1. The lowest BCUT2D eigenvalue weighted by Crippen LogP contribution is -2.39. The molecule has 1 saturated heterocycles. The Morgan fingerprint density at radius 1 is 1.21 bits per heavy atom. The van der Waals surface area contributed by atoms with Gasteiger partial charge in [0.05, 0.1) is 22.5 Å². The van der Waals surface area contributed by atoms with Crippen LogP contribution in [0.25, 0.3) is 11.0 Å². The van der Waals surface area contributed by atoms with Gasteiger partial charge in [0.15, 0.2) is 0 Å². The summed E-state index contributed by atoms with van der Waals surface area (Å²) in [4.78, 5) is 35.8. The molecule has 3 heterocycles. The van der Waals surface area contributed by atoms with E-state index in [0.717, 1.165) is 46.8 Å². The Morgan fingerprint density at radius 2 is 2.11 bits per heavy atom. The van der Waals surface area contributed by atoms with Crippen LogP contribution in [-0.4, -0.2) is 45.5 Å². The Labute approximate surface area is 166 Å². The van der Waals surface area contributed by atoms with Crippen LogP contribution in [0.3, 0.4) is 0 Å². The number of carbonyl (C=O) groups is 2. The summed E-state index contributed by atoms with van der Waals surface area (Å²) in [5, 5.41) is 2.86. The van der Waals surface area contributed by atoms with E-state index < -0.39 is 0 Å². The number of aromatic amines is 1. The SMILES string of the molecule is O=C1CSc2ccc(C(=O)N3CCCC(c4nc5ccccc5[nH]4)C3)cc2N1. The lowest BCUT2D eigenvalue weighted by atomic mass is 9.96. The van der Waals surface area contributed by atoms with Gasteiger partial charge in [0, 0.05) is 29.5 Å². The second kappa shape index (κ2) is 6.98. The van der Waals surface area contributed by atoms with Crippen molar-refractivity contribution in [2.45, 2.75) is 23.7 Å². The van der Waals surface area contributed by atoms with E-state index in [0.29, 0.717) is 17.9 Å². The maximum absolute atomic E-state index is 13.1. The number of nitrogens with one attached hydrogen (secondary N) is 2. The number of hydrogen-bond acceptors (Lipinski definition) is 4. The molecule has 0 aliphatic carbocycles. The van der Waals surface area contributed by atoms with Crippen molar-refractivity contribution in [1.82, 2.24) is 14.9 Å². The third kappa shape index (κ3) is 3.16. The van der Waals surface area contributed by atoms with Gasteiger partial charge in [0.2, 0.25) is 5.91 Å². The first-order chi connectivity index (χ1) is 13.7. The fourth-order valence-electron chi connectivity index (χ4n) is 3.95. The Morgan fingerprint density at radius 3 is 3.00 bits per heavy atom. The number of rotatable bonds is 2. The second-order valence-electron chi connectivity index (χ2n) is 7.28. The van der Waals surface area contributed by atoms with E-state index in [9.17, 15) is 9.59 Å². The summed E-state index contributed by atoms with van der Waals surface area (Å²) < 4.78 is 0. The number of benzene rings is 2. The molecule has 0 radical (unpaired) electrons. The Kier molecular flexibility index (Phi) is 4.31. The molecular formula is C21H20N4O2S. The number of para-hydroxylation sites is 2. The maximum atomic E-state index is 13.1. The molecule has 2 amide bonds. The summed E-state index contributed by atoms with van der Waals surface area (Å²) in [5.74, 6) is 1.57. The van der Waals surface area contributed by atoms with Gasteiger partial charge >= 0.3 is 0 Å². The summed E-state index contributed by atoms with van der Waals surface area (Å²) in [6.45, 7) is 1.39. The number of amides is 2. The van der Waals surface area contributed by atoms with Crippen molar-refractivity contribution in [2.75, 3.05) is 24.2 Å². The molecule has 1 unspecified atom stereocenters. The van der Waals surface area contributed by atoms with Gasteiger partial charge in [-0.1, -0.05) is 12.1 Å². The molecule has 0 saturated carbocycles. The van der Waals surface area contributed by atoms with E-state index in [1.54, 1.807) is 6.07 Å². The minimum absolute atomic E-state index is 0.00781. The quantitative estimate of drug-likeness (QED) is 0.698. The highest BCUT2D eigenvalue weighted by Crippen LogP contribution is 2.33. The number of likely N-dealkylation sites (tertiary alicyclic amines) is 1. The average molecular weight is 392 g/mol. The van der Waals surface area contributed by atoms with Crippen molar-refractivity contribution in [3.05, 3.63) is 53.9 Å². The first-order valence-corrected chi connectivity index (χ1v) is 10.5. The van der Waals surface area contributed by atoms with E-state index >= 15 is 0 Å². The molecule has 2 aliphatic heterocycles. The number of carbonyl (C=O) groups excluding carboxylic acids is 2. The van der Waals surface area contributed by atoms with Gasteiger partial charge in [-0.2, -0.15) is 0 Å². The van der Waals surface area contributed by atoms with Crippen molar-refractivity contribution in [2.24, 2.45) is 0 Å². The largest absolute Gasteiger partial charge is 0.342 e. The summed E-state index contributed by atoms with van der Waals surface area (Å²) in [6.07, 6.45) is 1.96. The molecule has 6 nitrogen and oxygen atoms in total. The lowest BCUT2D eigenvalue weighted by Gasteiger charge is -2.32. The van der Waals surface area contributed by atoms with Gasteiger partial charge in [-0.3, -0.25) is 9.59 Å². The molecule has 1 fully saturated rings. The van der Waals surface area contributed by atoms with Crippen LogP contribution in [0.15, 0.2) is 47.4 Å². The molecule has 5 rings (SSSR count). The zero-order chi connectivity index (χ0) is 19.1. The van der Waals surface area contributed by atoms with E-state index in [1.165, 1.54) is 11.8 Å². The van der Waals surface area contributed by atoms with Crippen LogP contribution in [-0.2, 0) is 4.79 Å². The molecule has 0 spiro atoms. The Hall–Kier alpha value is -2.80. The fourth-order valence-corrected chi connectivity index (χ4v) is 4.74.